The van der Waals surface area contributed by atoms with Gasteiger partial charge >= 0.3 is 0 Å². The Morgan fingerprint density at radius 3 is 2.80 bits per heavy atom. The van der Waals surface area contributed by atoms with E-state index in [2.05, 4.69) is 10.2 Å². The number of hydrogen-bond donors (Lipinski definition) is 1. The summed E-state index contributed by atoms with van der Waals surface area (Å²) in [6.45, 7) is 2.52. The normalized spacial score (nSPS) is 16.8. The maximum atomic E-state index is 12.2. The van der Waals surface area contributed by atoms with E-state index in [0.29, 0.717) is 11.6 Å². The maximum Gasteiger partial charge on any atom is 0.244 e. The molecule has 1 aliphatic heterocycles. The third-order valence-electron chi connectivity index (χ3n) is 4.15. The SMILES string of the molecule is O=C(/C=C/c1ccccc1Cl)NC[C@@H](c1ccco1)N1CCSCC1. The molecule has 1 amide bonds. The topological polar surface area (TPSA) is 45.5 Å². The zero-order valence-electron chi connectivity index (χ0n) is 13.9. The number of halogens is 1. The van der Waals surface area contributed by atoms with Crippen molar-refractivity contribution in [3.63, 3.8) is 0 Å². The third kappa shape index (κ3) is 5.14. The lowest BCUT2D eigenvalue weighted by molar-refractivity contribution is -0.116. The van der Waals surface area contributed by atoms with Crippen LogP contribution in [-0.4, -0.2) is 41.9 Å². The van der Waals surface area contributed by atoms with Crippen molar-refractivity contribution >= 4 is 35.3 Å². The summed E-state index contributed by atoms with van der Waals surface area (Å²) in [5, 5.41) is 3.61. The highest BCUT2D eigenvalue weighted by Crippen LogP contribution is 2.24. The van der Waals surface area contributed by atoms with Gasteiger partial charge in [-0.05, 0) is 29.8 Å². The lowest BCUT2D eigenvalue weighted by Gasteiger charge is -2.33. The molecule has 0 bridgehead atoms. The summed E-state index contributed by atoms with van der Waals surface area (Å²) in [6.07, 6.45) is 4.93. The number of nitrogens with one attached hydrogen (secondary N) is 1. The molecule has 0 aliphatic carbocycles. The van der Waals surface area contributed by atoms with Gasteiger partial charge in [0.1, 0.15) is 5.76 Å². The number of hydrogen-bond acceptors (Lipinski definition) is 4. The van der Waals surface area contributed by atoms with Crippen molar-refractivity contribution in [2.75, 3.05) is 31.1 Å². The molecular formula is C19H21ClN2O2S. The summed E-state index contributed by atoms with van der Waals surface area (Å²) in [5.74, 6) is 2.97. The van der Waals surface area contributed by atoms with Gasteiger partial charge < -0.3 is 9.73 Å². The fraction of sp³-hybridized carbons (Fsp3) is 0.316. The molecule has 4 nitrogen and oxygen atoms in total. The first-order valence-corrected chi connectivity index (χ1v) is 9.83. The van der Waals surface area contributed by atoms with E-state index < -0.39 is 0 Å². The summed E-state index contributed by atoms with van der Waals surface area (Å²) in [6, 6.07) is 11.4. The summed E-state index contributed by atoms with van der Waals surface area (Å²) < 4.78 is 5.59. The minimum Gasteiger partial charge on any atom is -0.468 e. The molecule has 0 radical (unpaired) electrons. The molecule has 1 atom stereocenters. The van der Waals surface area contributed by atoms with Gasteiger partial charge in [-0.2, -0.15) is 11.8 Å². The van der Waals surface area contributed by atoms with Gasteiger partial charge in [0.25, 0.3) is 0 Å². The molecule has 0 spiro atoms. The van der Waals surface area contributed by atoms with Crippen LogP contribution >= 0.6 is 23.4 Å². The van der Waals surface area contributed by atoms with Crippen LogP contribution in [0.4, 0.5) is 0 Å². The van der Waals surface area contributed by atoms with Gasteiger partial charge in [0.2, 0.25) is 5.91 Å². The molecule has 2 heterocycles. The first kappa shape index (κ1) is 18.1. The molecule has 132 valence electrons. The Bertz CT molecular complexity index is 712. The van der Waals surface area contributed by atoms with E-state index in [9.17, 15) is 4.79 Å². The molecule has 1 N–H and O–H groups in total. The van der Waals surface area contributed by atoms with Crippen LogP contribution in [0.3, 0.4) is 0 Å². The second-order valence-corrected chi connectivity index (χ2v) is 7.41. The van der Waals surface area contributed by atoms with E-state index >= 15 is 0 Å². The standard InChI is InChI=1S/C19H21ClN2O2S/c20-16-5-2-1-4-15(16)7-8-19(23)21-14-17(18-6-3-11-24-18)22-9-12-25-13-10-22/h1-8,11,17H,9-10,12-14H2,(H,21,23)/b8-7+/t17-/m0/s1. The van der Waals surface area contributed by atoms with Gasteiger partial charge in [-0.15, -0.1) is 0 Å². The average Bonchev–Trinajstić information content (AvgIpc) is 3.16. The summed E-state index contributed by atoms with van der Waals surface area (Å²) >= 11 is 8.06. The number of amides is 1. The largest absolute Gasteiger partial charge is 0.468 e. The number of benzene rings is 1. The number of furan rings is 1. The molecule has 1 aliphatic rings. The van der Waals surface area contributed by atoms with Gasteiger partial charge in [-0.3, -0.25) is 9.69 Å². The van der Waals surface area contributed by atoms with E-state index in [0.717, 1.165) is 35.9 Å². The lowest BCUT2D eigenvalue weighted by Crippen LogP contribution is -2.41. The molecule has 1 aromatic carbocycles. The van der Waals surface area contributed by atoms with Crippen LogP contribution in [0.5, 0.6) is 0 Å². The number of nitrogens with zero attached hydrogens (tertiary/aromatic N) is 1. The quantitative estimate of drug-likeness (QED) is 0.778. The average molecular weight is 377 g/mol. The zero-order chi connectivity index (χ0) is 17.5. The molecular weight excluding hydrogens is 356 g/mol. The highest BCUT2D eigenvalue weighted by molar-refractivity contribution is 7.99. The van der Waals surface area contributed by atoms with Crippen molar-refractivity contribution in [2.45, 2.75) is 6.04 Å². The maximum absolute atomic E-state index is 12.2. The minimum absolute atomic E-state index is 0.0635. The monoisotopic (exact) mass is 376 g/mol. The number of carbonyl (C=O) groups is 1. The van der Waals surface area contributed by atoms with Gasteiger partial charge in [0, 0.05) is 42.2 Å². The highest BCUT2D eigenvalue weighted by atomic mass is 35.5. The fourth-order valence-electron chi connectivity index (χ4n) is 2.81. The van der Waals surface area contributed by atoms with Crippen LogP contribution in [0.25, 0.3) is 6.08 Å². The molecule has 1 fully saturated rings. The molecule has 2 aromatic rings. The Balaban J connectivity index is 1.60. The van der Waals surface area contributed by atoms with E-state index in [1.165, 1.54) is 6.08 Å². The third-order valence-corrected chi connectivity index (χ3v) is 5.43. The van der Waals surface area contributed by atoms with Crippen LogP contribution in [0.15, 0.2) is 53.2 Å². The van der Waals surface area contributed by atoms with Crippen LogP contribution < -0.4 is 5.32 Å². The molecule has 1 aromatic heterocycles. The van der Waals surface area contributed by atoms with Crippen LogP contribution in [0.2, 0.25) is 5.02 Å². The lowest BCUT2D eigenvalue weighted by atomic mass is 10.1. The van der Waals surface area contributed by atoms with E-state index in [1.54, 1.807) is 18.4 Å². The fourth-order valence-corrected chi connectivity index (χ4v) is 3.94. The number of carbonyl (C=O) groups excluding carboxylic acids is 1. The molecule has 0 saturated carbocycles. The van der Waals surface area contributed by atoms with Crippen molar-refractivity contribution in [3.05, 3.63) is 65.1 Å². The van der Waals surface area contributed by atoms with E-state index in [4.69, 9.17) is 16.0 Å². The van der Waals surface area contributed by atoms with Gasteiger partial charge in [0.15, 0.2) is 0 Å². The smallest absolute Gasteiger partial charge is 0.244 e. The molecule has 25 heavy (non-hydrogen) atoms. The van der Waals surface area contributed by atoms with Crippen LogP contribution in [0.1, 0.15) is 17.4 Å². The summed E-state index contributed by atoms with van der Waals surface area (Å²) in [7, 11) is 0. The molecule has 6 heteroatoms. The number of rotatable bonds is 6. The summed E-state index contributed by atoms with van der Waals surface area (Å²) in [5.41, 5.74) is 0.829. The predicted molar refractivity (Wildman–Crippen MR) is 104 cm³/mol. The van der Waals surface area contributed by atoms with Crippen molar-refractivity contribution in [1.82, 2.24) is 10.2 Å². The Labute approximate surface area is 157 Å². The van der Waals surface area contributed by atoms with Crippen molar-refractivity contribution < 1.29 is 9.21 Å². The van der Waals surface area contributed by atoms with Crippen molar-refractivity contribution in [2.24, 2.45) is 0 Å². The Morgan fingerprint density at radius 1 is 1.28 bits per heavy atom. The van der Waals surface area contributed by atoms with Gasteiger partial charge in [-0.1, -0.05) is 29.8 Å². The first-order valence-electron chi connectivity index (χ1n) is 8.29. The Hall–Kier alpha value is -1.69. The van der Waals surface area contributed by atoms with Crippen molar-refractivity contribution in [1.29, 1.82) is 0 Å². The van der Waals surface area contributed by atoms with Crippen LogP contribution in [0, 0.1) is 0 Å². The molecule has 3 rings (SSSR count). The van der Waals surface area contributed by atoms with Crippen molar-refractivity contribution in [3.8, 4) is 0 Å². The van der Waals surface area contributed by atoms with Crippen LogP contribution in [-0.2, 0) is 4.79 Å². The van der Waals surface area contributed by atoms with Gasteiger partial charge in [0.05, 0.1) is 12.3 Å². The molecule has 1 saturated heterocycles. The van der Waals surface area contributed by atoms with Gasteiger partial charge in [-0.25, -0.2) is 0 Å². The summed E-state index contributed by atoms with van der Waals surface area (Å²) in [4.78, 5) is 14.6. The zero-order valence-corrected chi connectivity index (χ0v) is 15.4. The predicted octanol–water partition coefficient (Wildman–Crippen LogP) is 3.85. The molecule has 0 unspecified atom stereocenters. The van der Waals surface area contributed by atoms with E-state index in [1.807, 2.05) is 42.1 Å². The Morgan fingerprint density at radius 2 is 2.08 bits per heavy atom. The first-order chi connectivity index (χ1) is 12.2. The highest BCUT2D eigenvalue weighted by Gasteiger charge is 2.24. The van der Waals surface area contributed by atoms with E-state index in [-0.39, 0.29) is 11.9 Å². The Kier molecular flexibility index (Phi) is 6.62. The minimum atomic E-state index is -0.136. The second-order valence-electron chi connectivity index (χ2n) is 5.78. The number of thioether (sulfide) groups is 1. The second kappa shape index (κ2) is 9.13.